The van der Waals surface area contributed by atoms with Crippen LogP contribution in [0.3, 0.4) is 0 Å². The first-order chi connectivity index (χ1) is 7.84. The lowest BCUT2D eigenvalue weighted by molar-refractivity contribution is 0.0696. The highest BCUT2D eigenvalue weighted by atomic mass is 32.2. The number of carboxylic acid groups (broad SMARTS) is 1. The second-order valence-electron chi connectivity index (χ2n) is 4.41. The molecule has 0 spiro atoms. The molecule has 0 aromatic carbocycles. The number of aryl methyl sites for hydroxylation is 1. The molecule has 6 heteroatoms. The summed E-state index contributed by atoms with van der Waals surface area (Å²) in [5.41, 5.74) is 0.653. The van der Waals surface area contributed by atoms with Gasteiger partial charge in [-0.2, -0.15) is 5.10 Å². The lowest BCUT2D eigenvalue weighted by Gasteiger charge is -2.15. The SMILES string of the molecule is CC(C)C(C)S(=O)Cc1c(C(=O)O)cnn1C. The van der Waals surface area contributed by atoms with E-state index in [1.165, 1.54) is 10.9 Å². The van der Waals surface area contributed by atoms with Crippen LogP contribution in [0.1, 0.15) is 36.8 Å². The summed E-state index contributed by atoms with van der Waals surface area (Å²) >= 11 is 0. The van der Waals surface area contributed by atoms with Crippen molar-refractivity contribution in [2.24, 2.45) is 13.0 Å². The van der Waals surface area contributed by atoms with Gasteiger partial charge in [0.15, 0.2) is 0 Å². The summed E-state index contributed by atoms with van der Waals surface area (Å²) in [6.07, 6.45) is 1.30. The van der Waals surface area contributed by atoms with Crippen LogP contribution in [0.5, 0.6) is 0 Å². The van der Waals surface area contributed by atoms with E-state index in [-0.39, 0.29) is 16.6 Å². The Bertz CT molecular complexity index is 440. The largest absolute Gasteiger partial charge is 0.478 e. The van der Waals surface area contributed by atoms with Gasteiger partial charge >= 0.3 is 5.97 Å². The Labute approximate surface area is 103 Å². The molecule has 0 saturated heterocycles. The summed E-state index contributed by atoms with van der Waals surface area (Å²) in [5, 5.41) is 12.9. The monoisotopic (exact) mass is 258 g/mol. The van der Waals surface area contributed by atoms with Crippen molar-refractivity contribution in [3.05, 3.63) is 17.5 Å². The number of hydrogen-bond acceptors (Lipinski definition) is 3. The van der Waals surface area contributed by atoms with Crippen molar-refractivity contribution in [2.45, 2.75) is 31.8 Å². The summed E-state index contributed by atoms with van der Waals surface area (Å²) in [4.78, 5) is 11.0. The fraction of sp³-hybridized carbons (Fsp3) is 0.636. The number of carboxylic acids is 1. The minimum Gasteiger partial charge on any atom is -0.478 e. The summed E-state index contributed by atoms with van der Waals surface area (Å²) in [5.74, 6) is -0.489. The van der Waals surface area contributed by atoms with Crippen LogP contribution in [-0.4, -0.2) is 30.3 Å². The van der Waals surface area contributed by atoms with Gasteiger partial charge in [0, 0.05) is 23.1 Å². The predicted octanol–water partition coefficient (Wildman–Crippen LogP) is 1.41. The van der Waals surface area contributed by atoms with Crippen LogP contribution in [-0.2, 0) is 23.6 Å². The highest BCUT2D eigenvalue weighted by Gasteiger charge is 2.21. The number of nitrogens with zero attached hydrogens (tertiary/aromatic N) is 2. The van der Waals surface area contributed by atoms with E-state index in [0.29, 0.717) is 11.6 Å². The van der Waals surface area contributed by atoms with E-state index in [9.17, 15) is 9.00 Å². The van der Waals surface area contributed by atoms with E-state index in [0.717, 1.165) is 0 Å². The molecule has 0 saturated carbocycles. The van der Waals surface area contributed by atoms with E-state index >= 15 is 0 Å². The maximum Gasteiger partial charge on any atom is 0.339 e. The van der Waals surface area contributed by atoms with Gasteiger partial charge < -0.3 is 5.11 Å². The van der Waals surface area contributed by atoms with Gasteiger partial charge in [0.1, 0.15) is 5.56 Å². The van der Waals surface area contributed by atoms with Crippen LogP contribution in [0.2, 0.25) is 0 Å². The molecule has 0 aliphatic heterocycles. The molecule has 1 aromatic rings. The molecule has 0 fully saturated rings. The third-order valence-corrected chi connectivity index (χ3v) is 4.86. The molecule has 96 valence electrons. The number of rotatable bonds is 5. The van der Waals surface area contributed by atoms with Crippen LogP contribution < -0.4 is 0 Å². The summed E-state index contributed by atoms with van der Waals surface area (Å²) in [6.45, 7) is 5.92. The molecule has 1 N–H and O–H groups in total. The van der Waals surface area contributed by atoms with Crippen LogP contribution >= 0.6 is 0 Å². The zero-order valence-electron chi connectivity index (χ0n) is 10.5. The van der Waals surface area contributed by atoms with Gasteiger partial charge in [-0.15, -0.1) is 0 Å². The van der Waals surface area contributed by atoms with Crippen LogP contribution in [0.15, 0.2) is 6.20 Å². The van der Waals surface area contributed by atoms with Gasteiger partial charge in [0.2, 0.25) is 0 Å². The first-order valence-electron chi connectivity index (χ1n) is 5.46. The number of hydrogen-bond donors (Lipinski definition) is 1. The maximum atomic E-state index is 12.1. The highest BCUT2D eigenvalue weighted by molar-refractivity contribution is 7.84. The van der Waals surface area contributed by atoms with Crippen molar-refractivity contribution in [3.8, 4) is 0 Å². The zero-order valence-corrected chi connectivity index (χ0v) is 11.3. The first-order valence-corrected chi connectivity index (χ1v) is 6.84. The van der Waals surface area contributed by atoms with E-state index < -0.39 is 16.8 Å². The van der Waals surface area contributed by atoms with Crippen molar-refractivity contribution in [3.63, 3.8) is 0 Å². The highest BCUT2D eigenvalue weighted by Crippen LogP contribution is 2.16. The molecular formula is C11H18N2O3S. The van der Waals surface area contributed by atoms with Crippen molar-refractivity contribution in [1.82, 2.24) is 9.78 Å². The topological polar surface area (TPSA) is 72.2 Å². The zero-order chi connectivity index (χ0) is 13.2. The van der Waals surface area contributed by atoms with E-state index in [1.54, 1.807) is 7.05 Å². The first kappa shape index (κ1) is 13.9. The Morgan fingerprint density at radius 3 is 2.59 bits per heavy atom. The third-order valence-electron chi connectivity index (χ3n) is 2.92. The molecule has 0 bridgehead atoms. The standard InChI is InChI=1S/C11H18N2O3S/c1-7(2)8(3)17(16)6-10-9(11(14)15)5-12-13(10)4/h5,7-8H,6H2,1-4H3,(H,14,15). The molecule has 5 nitrogen and oxygen atoms in total. The summed E-state index contributed by atoms with van der Waals surface area (Å²) in [7, 11) is 0.580. The lowest BCUT2D eigenvalue weighted by Crippen LogP contribution is -2.20. The molecule has 1 aromatic heterocycles. The molecule has 0 amide bonds. The lowest BCUT2D eigenvalue weighted by atomic mass is 10.2. The fourth-order valence-corrected chi connectivity index (χ4v) is 2.86. The van der Waals surface area contributed by atoms with Crippen LogP contribution in [0.25, 0.3) is 0 Å². The van der Waals surface area contributed by atoms with Crippen molar-refractivity contribution in [2.75, 3.05) is 0 Å². The molecule has 1 heterocycles. The minimum absolute atomic E-state index is 0.0338. The van der Waals surface area contributed by atoms with Crippen molar-refractivity contribution in [1.29, 1.82) is 0 Å². The molecule has 2 atom stereocenters. The van der Waals surface area contributed by atoms with Gasteiger partial charge in [0.05, 0.1) is 17.6 Å². The van der Waals surface area contributed by atoms with Gasteiger partial charge in [-0.1, -0.05) is 20.8 Å². The Hall–Kier alpha value is -1.17. The van der Waals surface area contributed by atoms with Gasteiger partial charge in [-0.05, 0) is 5.92 Å². The molecular weight excluding hydrogens is 240 g/mol. The Morgan fingerprint density at radius 2 is 2.12 bits per heavy atom. The van der Waals surface area contributed by atoms with Crippen molar-refractivity contribution >= 4 is 16.8 Å². The second kappa shape index (κ2) is 5.44. The quantitative estimate of drug-likeness (QED) is 0.866. The molecule has 0 radical (unpaired) electrons. The van der Waals surface area contributed by atoms with Gasteiger partial charge in [-0.25, -0.2) is 4.79 Å². The second-order valence-corrected chi connectivity index (χ2v) is 6.20. The normalized spacial score (nSPS) is 14.9. The predicted molar refractivity (Wildman–Crippen MR) is 66.3 cm³/mol. The summed E-state index contributed by atoms with van der Waals surface area (Å²) in [6, 6.07) is 0. The average Bonchev–Trinajstić information content (AvgIpc) is 2.59. The molecule has 0 aliphatic carbocycles. The van der Waals surface area contributed by atoms with E-state index in [4.69, 9.17) is 5.11 Å². The minimum atomic E-state index is -1.09. The Morgan fingerprint density at radius 1 is 1.53 bits per heavy atom. The molecule has 0 aliphatic rings. The fourth-order valence-electron chi connectivity index (χ4n) is 1.38. The van der Waals surface area contributed by atoms with Crippen LogP contribution in [0, 0.1) is 5.92 Å². The van der Waals surface area contributed by atoms with Gasteiger partial charge in [-0.3, -0.25) is 8.89 Å². The molecule has 2 unspecified atom stereocenters. The van der Waals surface area contributed by atoms with Crippen molar-refractivity contribution < 1.29 is 14.1 Å². The number of aromatic nitrogens is 2. The Balaban J connectivity index is 2.92. The van der Waals surface area contributed by atoms with Gasteiger partial charge in [0.25, 0.3) is 0 Å². The maximum absolute atomic E-state index is 12.1. The molecule has 17 heavy (non-hydrogen) atoms. The summed E-state index contributed by atoms with van der Waals surface area (Å²) < 4.78 is 13.5. The van der Waals surface area contributed by atoms with E-state index in [2.05, 4.69) is 5.10 Å². The van der Waals surface area contributed by atoms with Crippen LogP contribution in [0.4, 0.5) is 0 Å². The Kier molecular flexibility index (Phi) is 4.45. The third kappa shape index (κ3) is 3.15. The van der Waals surface area contributed by atoms with E-state index in [1.807, 2.05) is 20.8 Å². The number of aromatic carboxylic acids is 1. The number of carbonyl (C=O) groups is 1. The smallest absolute Gasteiger partial charge is 0.339 e. The average molecular weight is 258 g/mol. The molecule has 1 rings (SSSR count).